The van der Waals surface area contributed by atoms with Crippen molar-refractivity contribution in [1.82, 2.24) is 0 Å². The molecule has 0 bridgehead atoms. The summed E-state index contributed by atoms with van der Waals surface area (Å²) in [4.78, 5) is 0. The van der Waals surface area contributed by atoms with Gasteiger partial charge in [0.15, 0.2) is 0 Å². The molecule has 0 spiro atoms. The van der Waals surface area contributed by atoms with E-state index >= 15 is 0 Å². The molecular formula is C15H32O. The van der Waals surface area contributed by atoms with E-state index in [4.69, 9.17) is 4.74 Å². The molecule has 0 saturated carbocycles. The van der Waals surface area contributed by atoms with Crippen molar-refractivity contribution in [2.75, 3.05) is 6.61 Å². The van der Waals surface area contributed by atoms with Crippen LogP contribution in [-0.2, 0) is 4.74 Å². The topological polar surface area (TPSA) is 9.23 Å². The Bertz CT molecular complexity index is 172. The first-order chi connectivity index (χ1) is 7.45. The third kappa shape index (κ3) is 5.34. The van der Waals surface area contributed by atoms with Gasteiger partial charge in [-0.25, -0.2) is 0 Å². The maximum Gasteiger partial charge on any atom is 0.0651 e. The van der Waals surface area contributed by atoms with Gasteiger partial charge in [0.1, 0.15) is 0 Å². The minimum Gasteiger partial charge on any atom is -0.375 e. The summed E-state index contributed by atoms with van der Waals surface area (Å²) in [6.07, 6.45) is 7.21. The zero-order valence-corrected chi connectivity index (χ0v) is 12.4. The molecule has 1 unspecified atom stereocenters. The summed E-state index contributed by atoms with van der Waals surface area (Å²) in [6, 6.07) is 0. The molecule has 0 fully saturated rings. The van der Waals surface area contributed by atoms with Gasteiger partial charge < -0.3 is 4.74 Å². The van der Waals surface area contributed by atoms with Gasteiger partial charge in [-0.15, -0.1) is 0 Å². The van der Waals surface area contributed by atoms with Gasteiger partial charge in [-0.3, -0.25) is 0 Å². The molecular weight excluding hydrogens is 196 g/mol. The zero-order chi connectivity index (χ0) is 12.7. The molecule has 0 amide bonds. The van der Waals surface area contributed by atoms with Gasteiger partial charge in [-0.2, -0.15) is 0 Å². The predicted molar refractivity (Wildman–Crippen MR) is 72.9 cm³/mol. The lowest BCUT2D eigenvalue weighted by atomic mass is 9.82. The number of hydrogen-bond acceptors (Lipinski definition) is 1. The fourth-order valence-corrected chi connectivity index (χ4v) is 2.03. The highest BCUT2D eigenvalue weighted by atomic mass is 16.5. The second-order valence-electron chi connectivity index (χ2n) is 5.67. The van der Waals surface area contributed by atoms with E-state index in [0.29, 0.717) is 5.41 Å². The smallest absolute Gasteiger partial charge is 0.0651 e. The molecule has 0 aromatic heterocycles. The van der Waals surface area contributed by atoms with Crippen molar-refractivity contribution in [1.29, 1.82) is 0 Å². The fraction of sp³-hybridized carbons (Fsp3) is 1.00. The van der Waals surface area contributed by atoms with Gasteiger partial charge in [0.25, 0.3) is 0 Å². The molecule has 98 valence electrons. The summed E-state index contributed by atoms with van der Waals surface area (Å²) >= 11 is 0. The highest BCUT2D eigenvalue weighted by Gasteiger charge is 2.24. The Hall–Kier alpha value is -0.0400. The van der Waals surface area contributed by atoms with Gasteiger partial charge in [0.2, 0.25) is 0 Å². The first-order valence-corrected chi connectivity index (χ1v) is 7.09. The van der Waals surface area contributed by atoms with Crippen LogP contribution in [0.15, 0.2) is 0 Å². The van der Waals surface area contributed by atoms with Crippen molar-refractivity contribution < 1.29 is 4.74 Å². The molecule has 0 aromatic carbocycles. The predicted octanol–water partition coefficient (Wildman–Crippen LogP) is 5.19. The Labute approximate surface area is 103 Å². The average Bonchev–Trinajstić information content (AvgIpc) is 2.29. The Kier molecular flexibility index (Phi) is 7.30. The standard InChI is InChI=1S/C15H32O/c1-7-11-15(6,10-4)16-13-12-14(5,8-2)9-3/h7-13H2,1-6H3. The molecule has 0 heterocycles. The lowest BCUT2D eigenvalue weighted by Crippen LogP contribution is -2.29. The molecule has 0 aliphatic heterocycles. The van der Waals surface area contributed by atoms with E-state index in [2.05, 4.69) is 41.5 Å². The largest absolute Gasteiger partial charge is 0.375 e. The Balaban J connectivity index is 4.03. The van der Waals surface area contributed by atoms with Crippen LogP contribution in [0.25, 0.3) is 0 Å². The minimum absolute atomic E-state index is 0.108. The molecule has 1 atom stereocenters. The van der Waals surface area contributed by atoms with Crippen molar-refractivity contribution in [2.24, 2.45) is 5.41 Å². The van der Waals surface area contributed by atoms with Crippen LogP contribution in [0, 0.1) is 5.41 Å². The summed E-state index contributed by atoms with van der Waals surface area (Å²) in [6.45, 7) is 14.6. The van der Waals surface area contributed by atoms with Crippen LogP contribution in [-0.4, -0.2) is 12.2 Å². The van der Waals surface area contributed by atoms with E-state index in [1.807, 2.05) is 0 Å². The summed E-state index contributed by atoms with van der Waals surface area (Å²) < 4.78 is 6.12. The third-order valence-electron chi connectivity index (χ3n) is 4.39. The quantitative estimate of drug-likeness (QED) is 0.528. The maximum absolute atomic E-state index is 6.12. The number of ether oxygens (including phenoxy) is 1. The Morgan fingerprint density at radius 2 is 1.38 bits per heavy atom. The van der Waals surface area contributed by atoms with Crippen LogP contribution in [0.5, 0.6) is 0 Å². The maximum atomic E-state index is 6.12. The summed E-state index contributed by atoms with van der Waals surface area (Å²) in [5.74, 6) is 0. The van der Waals surface area contributed by atoms with Crippen LogP contribution in [0.2, 0.25) is 0 Å². The van der Waals surface area contributed by atoms with Gasteiger partial charge in [0, 0.05) is 6.61 Å². The van der Waals surface area contributed by atoms with Crippen LogP contribution in [0.1, 0.15) is 80.1 Å². The highest BCUT2D eigenvalue weighted by Crippen LogP contribution is 2.31. The molecule has 0 aliphatic carbocycles. The second kappa shape index (κ2) is 7.32. The van der Waals surface area contributed by atoms with Crippen molar-refractivity contribution >= 4 is 0 Å². The molecule has 0 rings (SSSR count). The van der Waals surface area contributed by atoms with Crippen molar-refractivity contribution in [2.45, 2.75) is 85.7 Å². The number of hydrogen-bond donors (Lipinski definition) is 0. The summed E-state index contributed by atoms with van der Waals surface area (Å²) in [5, 5.41) is 0. The second-order valence-corrected chi connectivity index (χ2v) is 5.67. The SMILES string of the molecule is CCCC(C)(CC)OCCC(C)(CC)CC. The van der Waals surface area contributed by atoms with Crippen molar-refractivity contribution in [3.8, 4) is 0 Å². The summed E-state index contributed by atoms with van der Waals surface area (Å²) in [5.41, 5.74) is 0.581. The number of rotatable bonds is 9. The molecule has 0 saturated heterocycles. The normalized spacial score (nSPS) is 16.1. The first-order valence-electron chi connectivity index (χ1n) is 7.09. The first kappa shape index (κ1) is 16.0. The van der Waals surface area contributed by atoms with E-state index in [0.717, 1.165) is 13.0 Å². The van der Waals surface area contributed by atoms with Gasteiger partial charge in [-0.05, 0) is 31.6 Å². The van der Waals surface area contributed by atoms with Crippen molar-refractivity contribution in [3.05, 3.63) is 0 Å². The Morgan fingerprint density at radius 3 is 1.75 bits per heavy atom. The van der Waals surface area contributed by atoms with Gasteiger partial charge in [0.05, 0.1) is 5.60 Å². The molecule has 0 N–H and O–H groups in total. The fourth-order valence-electron chi connectivity index (χ4n) is 2.03. The molecule has 1 nitrogen and oxygen atoms in total. The van der Waals surface area contributed by atoms with Crippen LogP contribution in [0.3, 0.4) is 0 Å². The zero-order valence-electron chi connectivity index (χ0n) is 12.4. The lowest BCUT2D eigenvalue weighted by molar-refractivity contribution is -0.0521. The van der Waals surface area contributed by atoms with E-state index in [1.54, 1.807) is 0 Å². The molecule has 0 aromatic rings. The molecule has 1 heteroatoms. The van der Waals surface area contributed by atoms with E-state index in [-0.39, 0.29) is 5.60 Å². The average molecular weight is 228 g/mol. The monoisotopic (exact) mass is 228 g/mol. The molecule has 0 aliphatic rings. The van der Waals surface area contributed by atoms with Crippen LogP contribution >= 0.6 is 0 Å². The lowest BCUT2D eigenvalue weighted by Gasteiger charge is -2.32. The van der Waals surface area contributed by atoms with E-state index in [1.165, 1.54) is 32.1 Å². The van der Waals surface area contributed by atoms with Gasteiger partial charge in [-0.1, -0.05) is 53.9 Å². The van der Waals surface area contributed by atoms with Crippen LogP contribution in [0.4, 0.5) is 0 Å². The van der Waals surface area contributed by atoms with Crippen LogP contribution < -0.4 is 0 Å². The highest BCUT2D eigenvalue weighted by molar-refractivity contribution is 4.75. The molecule has 16 heavy (non-hydrogen) atoms. The van der Waals surface area contributed by atoms with Gasteiger partial charge >= 0.3 is 0 Å². The molecule has 0 radical (unpaired) electrons. The summed E-state index contributed by atoms with van der Waals surface area (Å²) in [7, 11) is 0. The van der Waals surface area contributed by atoms with E-state index in [9.17, 15) is 0 Å². The van der Waals surface area contributed by atoms with Crippen molar-refractivity contribution in [3.63, 3.8) is 0 Å². The third-order valence-corrected chi connectivity index (χ3v) is 4.39. The Morgan fingerprint density at radius 1 is 0.812 bits per heavy atom. The van der Waals surface area contributed by atoms with E-state index < -0.39 is 0 Å². The minimum atomic E-state index is 0.108.